The fourth-order valence-electron chi connectivity index (χ4n) is 3.71. The number of ether oxygens (including phenoxy) is 2. The molecule has 0 aliphatic carbocycles. The Labute approximate surface area is 220 Å². The first-order valence-electron chi connectivity index (χ1n) is 12.3. The number of methoxy groups -OCH3 is 1. The molecule has 202 valence electrons. The zero-order valence-electron chi connectivity index (χ0n) is 21.7. The Bertz CT molecular complexity index is 1120. The second kappa shape index (κ2) is 13.6. The molecule has 0 amide bonds. The summed E-state index contributed by atoms with van der Waals surface area (Å²) in [5, 5.41) is 3.50. The van der Waals surface area contributed by atoms with Crippen molar-refractivity contribution in [2.75, 3.05) is 33.1 Å². The largest absolute Gasteiger partial charge is 0.493 e. The second-order valence-electron chi connectivity index (χ2n) is 8.94. The Morgan fingerprint density at radius 3 is 2.38 bits per heavy atom. The Morgan fingerprint density at radius 2 is 1.73 bits per heavy atom. The zero-order valence-corrected chi connectivity index (χ0v) is 22.5. The van der Waals surface area contributed by atoms with Gasteiger partial charge in [-0.1, -0.05) is 50.4 Å². The molecule has 0 saturated carbocycles. The van der Waals surface area contributed by atoms with Crippen molar-refractivity contribution in [3.63, 3.8) is 0 Å². The summed E-state index contributed by atoms with van der Waals surface area (Å²) in [4.78, 5) is 15.8. The molecule has 0 atom stereocenters. The Balaban J connectivity index is 1.77. The average Bonchev–Trinajstić information content (AvgIpc) is 3.24. The van der Waals surface area contributed by atoms with Gasteiger partial charge in [0.1, 0.15) is 5.75 Å². The number of hydrogen-bond donors (Lipinski definition) is 1. The van der Waals surface area contributed by atoms with E-state index in [1.54, 1.807) is 18.5 Å². The maximum atomic E-state index is 13.8. The third-order valence-electron chi connectivity index (χ3n) is 5.53. The van der Waals surface area contributed by atoms with Crippen LogP contribution in [-0.2, 0) is 12.7 Å². The molecule has 0 unspecified atom stereocenters. The smallest absolute Gasteiger partial charge is 0.420 e. The van der Waals surface area contributed by atoms with Crippen molar-refractivity contribution >= 4 is 22.2 Å². The summed E-state index contributed by atoms with van der Waals surface area (Å²) in [5.41, 5.74) is 0.828. The van der Waals surface area contributed by atoms with E-state index >= 15 is 0 Å². The van der Waals surface area contributed by atoms with E-state index in [2.05, 4.69) is 27.2 Å². The van der Waals surface area contributed by atoms with E-state index in [1.165, 1.54) is 30.9 Å². The zero-order chi connectivity index (χ0) is 26.8. The summed E-state index contributed by atoms with van der Waals surface area (Å²) in [6.45, 7) is 3.00. The van der Waals surface area contributed by atoms with Crippen molar-refractivity contribution in [3.05, 3.63) is 41.0 Å². The van der Waals surface area contributed by atoms with Gasteiger partial charge in [-0.25, -0.2) is 15.0 Å². The predicted molar refractivity (Wildman–Crippen MR) is 141 cm³/mol. The highest BCUT2D eigenvalue weighted by Crippen LogP contribution is 2.39. The van der Waals surface area contributed by atoms with E-state index in [1.807, 2.05) is 19.0 Å². The molecule has 3 rings (SSSR count). The van der Waals surface area contributed by atoms with Gasteiger partial charge in [0.2, 0.25) is 0 Å². The number of nitrogens with zero attached hydrogens (tertiary/aromatic N) is 4. The standard InChI is InChI=1S/C26H34F3N5O2S/c1-5-6-7-8-9-10-13-36-21-12-11-19(14-20(21)26(27,28)29)32-25-33-23(22(37-25)17-34(2)3)18-15-30-24(35-4)31-16-18/h11-12,14-16H,5-10,13,17H2,1-4H3,(H,32,33). The summed E-state index contributed by atoms with van der Waals surface area (Å²) in [6.07, 6.45) is 4.90. The fraction of sp³-hybridized carbons (Fsp3) is 0.500. The molecule has 37 heavy (non-hydrogen) atoms. The van der Waals surface area contributed by atoms with Gasteiger partial charge in [-0.2, -0.15) is 13.2 Å². The molecule has 0 fully saturated rings. The van der Waals surface area contributed by atoms with Crippen LogP contribution in [0.1, 0.15) is 55.9 Å². The van der Waals surface area contributed by atoms with Crippen LogP contribution >= 0.6 is 11.3 Å². The minimum Gasteiger partial charge on any atom is -0.493 e. The van der Waals surface area contributed by atoms with Gasteiger partial charge in [0.15, 0.2) is 5.13 Å². The minimum atomic E-state index is -4.54. The molecule has 0 saturated heterocycles. The van der Waals surface area contributed by atoms with Crippen LogP contribution < -0.4 is 14.8 Å². The normalized spacial score (nSPS) is 11.7. The monoisotopic (exact) mass is 537 g/mol. The lowest BCUT2D eigenvalue weighted by Crippen LogP contribution is -2.10. The van der Waals surface area contributed by atoms with Crippen LogP contribution in [0.25, 0.3) is 11.3 Å². The van der Waals surface area contributed by atoms with Crippen molar-refractivity contribution in [1.29, 1.82) is 0 Å². The SMILES string of the molecule is CCCCCCCCOc1ccc(Nc2nc(-c3cnc(OC)nc3)c(CN(C)C)s2)cc1C(F)(F)F. The highest BCUT2D eigenvalue weighted by molar-refractivity contribution is 7.16. The summed E-state index contributed by atoms with van der Waals surface area (Å²) >= 11 is 1.37. The number of aromatic nitrogens is 3. The number of nitrogens with one attached hydrogen (secondary N) is 1. The molecular formula is C26H34F3N5O2S. The second-order valence-corrected chi connectivity index (χ2v) is 10.0. The molecule has 0 radical (unpaired) electrons. The number of thiazole rings is 1. The van der Waals surface area contributed by atoms with Crippen molar-refractivity contribution in [1.82, 2.24) is 19.9 Å². The quantitative estimate of drug-likeness (QED) is 0.219. The number of benzene rings is 1. The molecule has 7 nitrogen and oxygen atoms in total. The molecule has 11 heteroatoms. The van der Waals surface area contributed by atoms with E-state index in [4.69, 9.17) is 9.47 Å². The molecule has 3 aromatic rings. The van der Waals surface area contributed by atoms with Crippen molar-refractivity contribution < 1.29 is 22.6 Å². The molecule has 0 spiro atoms. The van der Waals surface area contributed by atoms with Crippen LogP contribution in [0.15, 0.2) is 30.6 Å². The fourth-order valence-corrected chi connectivity index (χ4v) is 4.83. The highest BCUT2D eigenvalue weighted by Gasteiger charge is 2.35. The molecule has 0 bridgehead atoms. The maximum absolute atomic E-state index is 13.8. The number of unbranched alkanes of at least 4 members (excludes halogenated alkanes) is 5. The van der Waals surface area contributed by atoms with Crippen LogP contribution in [0, 0.1) is 0 Å². The lowest BCUT2D eigenvalue weighted by molar-refractivity contribution is -0.138. The lowest BCUT2D eigenvalue weighted by Gasteiger charge is -2.15. The summed E-state index contributed by atoms with van der Waals surface area (Å²) in [5.74, 6) is -0.157. The number of halogens is 3. The van der Waals surface area contributed by atoms with Crippen molar-refractivity contribution in [3.8, 4) is 23.0 Å². The number of alkyl halides is 3. The third kappa shape index (κ3) is 8.57. The van der Waals surface area contributed by atoms with Gasteiger partial charge in [0.25, 0.3) is 0 Å². The van der Waals surface area contributed by atoms with Crippen LogP contribution in [0.5, 0.6) is 11.8 Å². The first kappa shape index (κ1) is 28.6. The van der Waals surface area contributed by atoms with Crippen LogP contribution in [-0.4, -0.2) is 47.7 Å². The molecule has 0 aliphatic heterocycles. The average molecular weight is 538 g/mol. The van der Waals surface area contributed by atoms with Crippen LogP contribution in [0.2, 0.25) is 0 Å². The minimum absolute atomic E-state index is 0.157. The highest BCUT2D eigenvalue weighted by atomic mass is 32.1. The summed E-state index contributed by atoms with van der Waals surface area (Å²) in [7, 11) is 5.35. The Kier molecular flexibility index (Phi) is 10.5. The van der Waals surface area contributed by atoms with Gasteiger partial charge >= 0.3 is 12.2 Å². The van der Waals surface area contributed by atoms with Gasteiger partial charge in [-0.15, -0.1) is 0 Å². The molecule has 2 heterocycles. The predicted octanol–water partition coefficient (Wildman–Crippen LogP) is 7.17. The van der Waals surface area contributed by atoms with Gasteiger partial charge in [-0.3, -0.25) is 0 Å². The van der Waals surface area contributed by atoms with Crippen LogP contribution in [0.3, 0.4) is 0 Å². The third-order valence-corrected chi connectivity index (χ3v) is 6.49. The topological polar surface area (TPSA) is 72.4 Å². The first-order valence-corrected chi connectivity index (χ1v) is 13.1. The maximum Gasteiger partial charge on any atom is 0.420 e. The Hall–Kier alpha value is -2.92. The van der Waals surface area contributed by atoms with E-state index in [-0.39, 0.29) is 24.1 Å². The number of hydrogen-bond acceptors (Lipinski definition) is 8. The molecule has 1 aromatic carbocycles. The van der Waals surface area contributed by atoms with Crippen LogP contribution in [0.4, 0.5) is 24.0 Å². The molecule has 2 aromatic heterocycles. The first-order chi connectivity index (χ1) is 17.7. The van der Waals surface area contributed by atoms with Crippen molar-refractivity contribution in [2.45, 2.75) is 58.2 Å². The van der Waals surface area contributed by atoms with E-state index in [9.17, 15) is 13.2 Å². The van der Waals surface area contributed by atoms with Crippen molar-refractivity contribution in [2.24, 2.45) is 0 Å². The molecule has 1 N–H and O–H groups in total. The van der Waals surface area contributed by atoms with E-state index in [0.29, 0.717) is 22.9 Å². The molecule has 0 aliphatic rings. The number of rotatable bonds is 14. The summed E-state index contributed by atoms with van der Waals surface area (Å²) in [6, 6.07) is 4.26. The van der Waals surface area contributed by atoms with Gasteiger partial charge in [0.05, 0.1) is 25.0 Å². The number of anilines is 2. The van der Waals surface area contributed by atoms with E-state index in [0.717, 1.165) is 43.0 Å². The lowest BCUT2D eigenvalue weighted by atomic mass is 10.1. The molecular weight excluding hydrogens is 503 g/mol. The Morgan fingerprint density at radius 1 is 1.03 bits per heavy atom. The van der Waals surface area contributed by atoms with Gasteiger partial charge in [-0.05, 0) is 38.7 Å². The van der Waals surface area contributed by atoms with Gasteiger partial charge < -0.3 is 19.7 Å². The summed E-state index contributed by atoms with van der Waals surface area (Å²) < 4.78 is 52.0. The van der Waals surface area contributed by atoms with E-state index < -0.39 is 11.7 Å². The van der Waals surface area contributed by atoms with Gasteiger partial charge in [0, 0.05) is 35.1 Å².